The van der Waals surface area contributed by atoms with Crippen molar-refractivity contribution in [3.63, 3.8) is 0 Å². The minimum Gasteiger partial charge on any atom is -0.508 e. The molecule has 3 aliphatic rings. The summed E-state index contributed by atoms with van der Waals surface area (Å²) in [4.78, 5) is 15.4. The summed E-state index contributed by atoms with van der Waals surface area (Å²) in [5.41, 5.74) is 3.33. The molecule has 2 heterocycles. The van der Waals surface area contributed by atoms with Gasteiger partial charge < -0.3 is 14.7 Å². The number of ether oxygens (including phenoxy) is 1. The Morgan fingerprint density at radius 1 is 1.12 bits per heavy atom. The van der Waals surface area contributed by atoms with E-state index in [0.717, 1.165) is 42.3 Å². The molecule has 3 fully saturated rings. The molecule has 1 aliphatic carbocycles. The normalized spacial score (nSPS) is 19.7. The van der Waals surface area contributed by atoms with Gasteiger partial charge >= 0.3 is 0 Å². The van der Waals surface area contributed by atoms with Crippen LogP contribution in [0.4, 0.5) is 14.5 Å². The number of anilines is 1. The fourth-order valence-electron chi connectivity index (χ4n) is 4.52. The van der Waals surface area contributed by atoms with Crippen LogP contribution in [0.2, 0.25) is 0 Å². The van der Waals surface area contributed by atoms with Crippen molar-refractivity contribution in [1.29, 1.82) is 0 Å². The Labute approximate surface area is 200 Å². The van der Waals surface area contributed by atoms with Gasteiger partial charge in [0.2, 0.25) is 5.91 Å². The molecule has 2 saturated heterocycles. The molecule has 1 saturated carbocycles. The van der Waals surface area contributed by atoms with Crippen molar-refractivity contribution in [2.45, 2.75) is 57.3 Å². The minimum atomic E-state index is -2.56. The summed E-state index contributed by atoms with van der Waals surface area (Å²) in [5.74, 6) is -0.456. The Hall–Kier alpha value is -2.67. The van der Waals surface area contributed by atoms with Crippen molar-refractivity contribution in [2.75, 3.05) is 37.7 Å². The molecular formula is C27H34F2N2O3. The maximum atomic E-state index is 13.2. The first-order valence-corrected chi connectivity index (χ1v) is 12.3. The molecule has 5 rings (SSSR count). The maximum Gasteiger partial charge on any atom is 0.261 e. The van der Waals surface area contributed by atoms with Crippen LogP contribution in [0, 0.1) is 0 Å². The van der Waals surface area contributed by atoms with E-state index in [0.29, 0.717) is 31.9 Å². The van der Waals surface area contributed by atoms with Gasteiger partial charge in [-0.25, -0.2) is 8.78 Å². The van der Waals surface area contributed by atoms with Crippen LogP contribution in [-0.2, 0) is 11.2 Å². The number of rotatable bonds is 7. The third-order valence-corrected chi connectivity index (χ3v) is 6.67. The molecular weight excluding hydrogens is 438 g/mol. The average Bonchev–Trinajstić information content (AvgIpc) is 3.49. The summed E-state index contributed by atoms with van der Waals surface area (Å²) in [6.45, 7) is 3.96. The van der Waals surface area contributed by atoms with Gasteiger partial charge in [0.15, 0.2) is 0 Å². The zero-order chi connectivity index (χ0) is 24.1. The molecule has 184 valence electrons. The molecule has 7 heteroatoms. The zero-order valence-corrected chi connectivity index (χ0v) is 19.8. The van der Waals surface area contributed by atoms with E-state index in [1.807, 2.05) is 42.2 Å². The number of carbonyl (C=O) groups is 1. The summed E-state index contributed by atoms with van der Waals surface area (Å²) in [7, 11) is 0. The summed E-state index contributed by atoms with van der Waals surface area (Å²) in [5, 5.41) is 8.96. The molecule has 1 N–H and O–H groups in total. The van der Waals surface area contributed by atoms with E-state index in [1.165, 1.54) is 18.4 Å². The van der Waals surface area contributed by atoms with Gasteiger partial charge in [-0.1, -0.05) is 19.1 Å². The number of carbonyl (C=O) groups excluding carboxylic acids is 1. The highest BCUT2D eigenvalue weighted by Crippen LogP contribution is 2.40. The number of benzene rings is 2. The molecule has 2 aromatic carbocycles. The largest absolute Gasteiger partial charge is 0.508 e. The molecule has 0 bridgehead atoms. The van der Waals surface area contributed by atoms with Crippen LogP contribution < -0.4 is 9.64 Å². The van der Waals surface area contributed by atoms with E-state index in [2.05, 4.69) is 0 Å². The highest BCUT2D eigenvalue weighted by molar-refractivity contribution is 5.95. The highest BCUT2D eigenvalue weighted by atomic mass is 19.3. The lowest BCUT2D eigenvalue weighted by Gasteiger charge is -2.20. The number of hydrogen-bond donors (Lipinski definition) is 1. The molecule has 0 radical (unpaired) electrons. The number of alkyl halides is 2. The zero-order valence-electron chi connectivity index (χ0n) is 19.8. The predicted molar refractivity (Wildman–Crippen MR) is 129 cm³/mol. The van der Waals surface area contributed by atoms with Crippen molar-refractivity contribution < 1.29 is 23.4 Å². The van der Waals surface area contributed by atoms with Crippen molar-refractivity contribution in [3.8, 4) is 11.5 Å². The number of aromatic hydroxyl groups is 1. The molecule has 0 atom stereocenters. The quantitative estimate of drug-likeness (QED) is 0.589. The second-order valence-electron chi connectivity index (χ2n) is 9.39. The third-order valence-electron chi connectivity index (χ3n) is 6.67. The maximum absolute atomic E-state index is 13.2. The second-order valence-corrected chi connectivity index (χ2v) is 9.39. The first-order valence-electron chi connectivity index (χ1n) is 12.3. The Morgan fingerprint density at radius 3 is 2.47 bits per heavy atom. The van der Waals surface area contributed by atoms with Crippen LogP contribution in [0.15, 0.2) is 42.5 Å². The monoisotopic (exact) mass is 472 g/mol. The van der Waals surface area contributed by atoms with Gasteiger partial charge in [-0.15, -0.1) is 0 Å². The van der Waals surface area contributed by atoms with Gasteiger partial charge in [0.1, 0.15) is 18.1 Å². The summed E-state index contributed by atoms with van der Waals surface area (Å²) in [6, 6.07) is 13.3. The molecule has 5 nitrogen and oxygen atoms in total. The summed E-state index contributed by atoms with van der Waals surface area (Å²) >= 11 is 0. The fourth-order valence-corrected chi connectivity index (χ4v) is 4.52. The lowest BCUT2D eigenvalue weighted by Crippen LogP contribution is -2.29. The number of phenolic OH excluding ortho intramolecular Hbond substituents is 1. The molecule has 0 unspecified atom stereocenters. The number of amides is 1. The van der Waals surface area contributed by atoms with Crippen molar-refractivity contribution in [1.82, 2.24) is 4.90 Å². The Balaban J connectivity index is 0.000000226. The van der Waals surface area contributed by atoms with Crippen molar-refractivity contribution in [2.24, 2.45) is 0 Å². The van der Waals surface area contributed by atoms with Gasteiger partial charge in [0.25, 0.3) is 5.92 Å². The van der Waals surface area contributed by atoms with Crippen LogP contribution in [0.1, 0.15) is 56.1 Å². The van der Waals surface area contributed by atoms with Gasteiger partial charge in [0, 0.05) is 38.2 Å². The van der Waals surface area contributed by atoms with Gasteiger partial charge in [-0.05, 0) is 73.1 Å². The molecule has 34 heavy (non-hydrogen) atoms. The number of aryl methyl sites for hydroxylation is 1. The van der Waals surface area contributed by atoms with E-state index < -0.39 is 5.92 Å². The lowest BCUT2D eigenvalue weighted by molar-refractivity contribution is -0.117. The second kappa shape index (κ2) is 10.7. The van der Waals surface area contributed by atoms with E-state index in [1.54, 1.807) is 17.0 Å². The van der Waals surface area contributed by atoms with Gasteiger partial charge in [-0.3, -0.25) is 9.69 Å². The Kier molecular flexibility index (Phi) is 7.71. The van der Waals surface area contributed by atoms with Crippen LogP contribution in [0.3, 0.4) is 0 Å². The minimum absolute atomic E-state index is 0.0637. The predicted octanol–water partition coefficient (Wildman–Crippen LogP) is 5.37. The topological polar surface area (TPSA) is 53.0 Å². The van der Waals surface area contributed by atoms with E-state index in [9.17, 15) is 13.6 Å². The smallest absolute Gasteiger partial charge is 0.261 e. The molecule has 2 aliphatic heterocycles. The lowest BCUT2D eigenvalue weighted by atomic mass is 10.1. The van der Waals surface area contributed by atoms with E-state index in [-0.39, 0.29) is 18.9 Å². The molecule has 1 amide bonds. The van der Waals surface area contributed by atoms with E-state index >= 15 is 0 Å². The SMILES string of the molecule is CCc1cc(N2CCCC2=O)ccc1OCCN1CCC(F)(F)C1.Oc1ccc(C2CC2)cc1. The van der Waals surface area contributed by atoms with Gasteiger partial charge in [-0.2, -0.15) is 0 Å². The number of hydrogen-bond acceptors (Lipinski definition) is 4. The van der Waals surface area contributed by atoms with E-state index in [4.69, 9.17) is 9.84 Å². The van der Waals surface area contributed by atoms with Crippen LogP contribution in [-0.4, -0.2) is 54.6 Å². The number of phenols is 1. The number of nitrogens with zero attached hydrogens (tertiary/aromatic N) is 2. The van der Waals surface area contributed by atoms with Crippen molar-refractivity contribution in [3.05, 3.63) is 53.6 Å². The third kappa shape index (κ3) is 6.47. The highest BCUT2D eigenvalue weighted by Gasteiger charge is 2.37. The molecule has 2 aromatic rings. The first-order chi connectivity index (χ1) is 16.3. The average molecular weight is 473 g/mol. The summed E-state index contributed by atoms with van der Waals surface area (Å²) in [6.07, 6.45) is 4.90. The molecule has 0 spiro atoms. The Morgan fingerprint density at radius 2 is 1.88 bits per heavy atom. The standard InChI is InChI=1S/C18H24F2N2O2.C9H10O/c1-2-14-12-15(22-8-3-4-17(22)23)5-6-16(14)24-11-10-21-9-7-18(19,20)13-21;10-9-5-3-8(4-6-9)7-1-2-7/h5-6,12H,2-4,7-11,13H2,1H3;3-7,10H,1-2H2. The number of halogens is 2. The van der Waals surface area contributed by atoms with Gasteiger partial charge in [0.05, 0.1) is 6.54 Å². The van der Waals surface area contributed by atoms with Crippen molar-refractivity contribution >= 4 is 11.6 Å². The molecule has 0 aromatic heterocycles. The van der Waals surface area contributed by atoms with Crippen LogP contribution in [0.5, 0.6) is 11.5 Å². The first kappa shape index (κ1) is 24.5. The number of likely N-dealkylation sites (tertiary alicyclic amines) is 1. The van der Waals surface area contributed by atoms with Crippen LogP contribution in [0.25, 0.3) is 0 Å². The van der Waals surface area contributed by atoms with Crippen LogP contribution >= 0.6 is 0 Å². The Bertz CT molecular complexity index is 976. The summed E-state index contributed by atoms with van der Waals surface area (Å²) < 4.78 is 32.2. The fraction of sp³-hybridized carbons (Fsp3) is 0.519.